The van der Waals surface area contributed by atoms with E-state index in [-0.39, 0.29) is 0 Å². The number of amidine groups is 1. The summed E-state index contributed by atoms with van der Waals surface area (Å²) < 4.78 is 0. The van der Waals surface area contributed by atoms with Crippen LogP contribution in [0, 0.1) is 0 Å². The summed E-state index contributed by atoms with van der Waals surface area (Å²) >= 11 is 1.95. The summed E-state index contributed by atoms with van der Waals surface area (Å²) in [5.74, 6) is 1.25. The van der Waals surface area contributed by atoms with E-state index in [0.29, 0.717) is 5.54 Å². The Balaban J connectivity index is 1.38. The van der Waals surface area contributed by atoms with E-state index in [1.54, 1.807) is 0 Å². The Morgan fingerprint density at radius 3 is 2.95 bits per heavy atom. The summed E-state index contributed by atoms with van der Waals surface area (Å²) in [5, 5.41) is 4.93. The lowest BCUT2D eigenvalue weighted by atomic mass is 10.0. The fourth-order valence-corrected chi connectivity index (χ4v) is 5.10. The zero-order valence-electron chi connectivity index (χ0n) is 12.9. The van der Waals surface area contributed by atoms with Gasteiger partial charge in [-0.1, -0.05) is 31.0 Å². The number of piperidine rings is 1. The van der Waals surface area contributed by atoms with E-state index in [2.05, 4.69) is 17.1 Å². The molecule has 4 heteroatoms. The van der Waals surface area contributed by atoms with Gasteiger partial charge in [-0.3, -0.25) is 4.99 Å². The Kier molecular flexibility index (Phi) is 4.92. The van der Waals surface area contributed by atoms with Crippen LogP contribution in [0.3, 0.4) is 0 Å². The van der Waals surface area contributed by atoms with Crippen LogP contribution < -0.4 is 5.32 Å². The van der Waals surface area contributed by atoms with Crippen molar-refractivity contribution >= 4 is 16.9 Å². The maximum atomic E-state index is 4.79. The molecule has 0 bridgehead atoms. The van der Waals surface area contributed by atoms with E-state index in [4.69, 9.17) is 4.99 Å². The smallest absolute Gasteiger partial charge is 0.157 e. The Hall–Kier alpha value is -0.220. The third-order valence-electron chi connectivity index (χ3n) is 5.22. The fourth-order valence-electron chi connectivity index (χ4n) is 3.86. The maximum absolute atomic E-state index is 4.79. The van der Waals surface area contributed by atoms with E-state index in [1.165, 1.54) is 75.4 Å². The van der Waals surface area contributed by atoms with Gasteiger partial charge < -0.3 is 10.2 Å². The highest BCUT2D eigenvalue weighted by atomic mass is 32.2. The molecule has 0 amide bonds. The van der Waals surface area contributed by atoms with Gasteiger partial charge in [0.15, 0.2) is 5.17 Å². The molecule has 0 radical (unpaired) electrons. The van der Waals surface area contributed by atoms with Crippen LogP contribution in [0.25, 0.3) is 0 Å². The van der Waals surface area contributed by atoms with Crippen molar-refractivity contribution in [2.75, 3.05) is 25.4 Å². The van der Waals surface area contributed by atoms with Crippen molar-refractivity contribution < 1.29 is 0 Å². The minimum Gasteiger partial charge on any atom is -0.359 e. The summed E-state index contributed by atoms with van der Waals surface area (Å²) in [5.41, 5.74) is 0.422. The number of thioether (sulfide) groups is 1. The molecule has 0 aromatic rings. The molecule has 1 N–H and O–H groups in total. The second-order valence-corrected chi connectivity index (χ2v) is 7.79. The van der Waals surface area contributed by atoms with Crippen LogP contribution in [0.5, 0.6) is 0 Å². The molecular formula is C16H29N3S. The number of aliphatic imine (C=N–C) groups is 1. The topological polar surface area (TPSA) is 27.6 Å². The quantitative estimate of drug-likeness (QED) is 0.807. The summed E-state index contributed by atoms with van der Waals surface area (Å²) in [7, 11) is 0. The van der Waals surface area contributed by atoms with Gasteiger partial charge in [0.05, 0.1) is 0 Å². The second kappa shape index (κ2) is 6.69. The van der Waals surface area contributed by atoms with Gasteiger partial charge in [-0.15, -0.1) is 0 Å². The highest BCUT2D eigenvalue weighted by Crippen LogP contribution is 2.37. The molecule has 3 aliphatic rings. The molecule has 1 unspecified atom stereocenters. The number of nitrogens with zero attached hydrogens (tertiary/aromatic N) is 2. The van der Waals surface area contributed by atoms with Gasteiger partial charge in [0, 0.05) is 30.4 Å². The van der Waals surface area contributed by atoms with E-state index in [9.17, 15) is 0 Å². The first-order valence-corrected chi connectivity index (χ1v) is 9.46. The fraction of sp³-hybridized carbons (Fsp3) is 0.938. The molecule has 114 valence electrons. The summed E-state index contributed by atoms with van der Waals surface area (Å²) in [6, 6.07) is 0.789. The average molecular weight is 295 g/mol. The minimum atomic E-state index is 0.422. The molecule has 1 spiro atoms. The van der Waals surface area contributed by atoms with E-state index in [1.807, 2.05) is 11.8 Å². The van der Waals surface area contributed by atoms with Gasteiger partial charge in [-0.05, 0) is 45.6 Å². The Morgan fingerprint density at radius 2 is 2.15 bits per heavy atom. The molecule has 2 aliphatic heterocycles. The first-order valence-electron chi connectivity index (χ1n) is 8.47. The van der Waals surface area contributed by atoms with Crippen LogP contribution >= 0.6 is 11.8 Å². The van der Waals surface area contributed by atoms with Crippen LogP contribution in [0.2, 0.25) is 0 Å². The largest absolute Gasteiger partial charge is 0.359 e. The normalized spacial score (nSPS) is 32.0. The van der Waals surface area contributed by atoms with Crippen molar-refractivity contribution in [1.82, 2.24) is 10.2 Å². The predicted octanol–water partition coefficient (Wildman–Crippen LogP) is 3.26. The molecule has 20 heavy (non-hydrogen) atoms. The first-order chi connectivity index (χ1) is 9.77. The zero-order chi connectivity index (χ0) is 13.8. The van der Waals surface area contributed by atoms with Crippen LogP contribution in [-0.4, -0.2) is 47.0 Å². The first kappa shape index (κ1) is 14.7. The van der Waals surface area contributed by atoms with Crippen molar-refractivity contribution in [2.24, 2.45) is 4.99 Å². The van der Waals surface area contributed by atoms with Crippen LogP contribution in [0.1, 0.15) is 58.3 Å². The van der Waals surface area contributed by atoms with Crippen LogP contribution in [-0.2, 0) is 0 Å². The zero-order valence-corrected chi connectivity index (χ0v) is 13.7. The average Bonchev–Trinajstić information content (AvgIpc) is 3.08. The SMILES string of the molecule is CC1CCCCN1CCCN=C1NC2(CCCC2)CS1. The molecule has 1 saturated carbocycles. The van der Waals surface area contributed by atoms with Gasteiger partial charge in [0.25, 0.3) is 0 Å². The molecule has 3 rings (SSSR count). The van der Waals surface area contributed by atoms with E-state index >= 15 is 0 Å². The molecule has 1 atom stereocenters. The maximum Gasteiger partial charge on any atom is 0.157 e. The monoisotopic (exact) mass is 295 g/mol. The lowest BCUT2D eigenvalue weighted by Gasteiger charge is -2.33. The van der Waals surface area contributed by atoms with Gasteiger partial charge >= 0.3 is 0 Å². The summed E-state index contributed by atoms with van der Waals surface area (Å²) in [4.78, 5) is 7.44. The van der Waals surface area contributed by atoms with Crippen molar-refractivity contribution in [2.45, 2.75) is 69.9 Å². The van der Waals surface area contributed by atoms with E-state index < -0.39 is 0 Å². The molecule has 3 fully saturated rings. The highest BCUT2D eigenvalue weighted by Gasteiger charge is 2.39. The number of likely N-dealkylation sites (tertiary alicyclic amines) is 1. The third kappa shape index (κ3) is 3.51. The minimum absolute atomic E-state index is 0.422. The summed E-state index contributed by atoms with van der Waals surface area (Å²) in [6.45, 7) is 5.90. The third-order valence-corrected chi connectivity index (χ3v) is 6.42. The van der Waals surface area contributed by atoms with Gasteiger partial charge in [0.2, 0.25) is 0 Å². The van der Waals surface area contributed by atoms with Crippen LogP contribution in [0.4, 0.5) is 0 Å². The second-order valence-electron chi connectivity index (χ2n) is 6.82. The molecule has 2 saturated heterocycles. The number of hydrogen-bond acceptors (Lipinski definition) is 3. The predicted molar refractivity (Wildman–Crippen MR) is 88.6 cm³/mol. The molecule has 2 heterocycles. The molecule has 0 aromatic heterocycles. The number of nitrogens with one attached hydrogen (secondary N) is 1. The molecule has 0 aromatic carbocycles. The van der Waals surface area contributed by atoms with Crippen LogP contribution in [0.15, 0.2) is 4.99 Å². The van der Waals surface area contributed by atoms with Crippen molar-refractivity contribution in [3.63, 3.8) is 0 Å². The standard InChI is InChI=1S/C16H29N3S/c1-14-7-2-5-11-19(14)12-6-10-17-15-18-16(13-20-15)8-3-4-9-16/h14H,2-13H2,1H3,(H,17,18). The molecule has 1 aliphatic carbocycles. The highest BCUT2D eigenvalue weighted by molar-refractivity contribution is 8.14. The Morgan fingerprint density at radius 1 is 1.30 bits per heavy atom. The Bertz CT molecular complexity index is 350. The summed E-state index contributed by atoms with van der Waals surface area (Å²) in [6.07, 6.45) is 10.9. The van der Waals surface area contributed by atoms with Gasteiger partial charge in [0.1, 0.15) is 0 Å². The number of hydrogen-bond donors (Lipinski definition) is 1. The lowest BCUT2D eigenvalue weighted by Crippen LogP contribution is -2.40. The van der Waals surface area contributed by atoms with Gasteiger partial charge in [-0.25, -0.2) is 0 Å². The molecule has 3 nitrogen and oxygen atoms in total. The van der Waals surface area contributed by atoms with Crippen molar-refractivity contribution in [3.8, 4) is 0 Å². The molecular weight excluding hydrogens is 266 g/mol. The lowest BCUT2D eigenvalue weighted by molar-refractivity contribution is 0.160. The number of rotatable bonds is 4. The Labute approximate surface area is 128 Å². The van der Waals surface area contributed by atoms with E-state index in [0.717, 1.165) is 12.6 Å². The van der Waals surface area contributed by atoms with Crippen molar-refractivity contribution in [3.05, 3.63) is 0 Å². The van der Waals surface area contributed by atoms with Gasteiger partial charge in [-0.2, -0.15) is 0 Å². The van der Waals surface area contributed by atoms with Crippen molar-refractivity contribution in [1.29, 1.82) is 0 Å².